The number of rotatable bonds is 3. The predicted molar refractivity (Wildman–Crippen MR) is 60.4 cm³/mol. The number of guanidine groups is 1. The zero-order chi connectivity index (χ0) is 11.4. The van der Waals surface area contributed by atoms with Gasteiger partial charge >= 0.3 is 0 Å². The smallest absolute Gasteiger partial charge is 0.216 e. The van der Waals surface area contributed by atoms with Gasteiger partial charge in [0.25, 0.3) is 0 Å². The molecule has 0 saturated heterocycles. The molecular formula is C10H15N5O. The molecule has 0 radical (unpaired) electrons. The molecule has 0 amide bonds. The Morgan fingerprint density at radius 3 is 3.12 bits per heavy atom. The van der Waals surface area contributed by atoms with Crippen LogP contribution < -0.4 is 10.1 Å². The lowest BCUT2D eigenvalue weighted by Gasteiger charge is -2.14. The third-order valence-corrected chi connectivity index (χ3v) is 2.35. The Labute approximate surface area is 94.4 Å². The molecule has 86 valence electrons. The number of nitrogens with zero attached hydrogens (tertiary/aromatic N) is 4. The SMILES string of the molecule is COc1ccnc(CNC2=NCCN2C)n1. The van der Waals surface area contributed by atoms with E-state index < -0.39 is 0 Å². The number of hydrogen-bond acceptors (Lipinski definition) is 6. The Balaban J connectivity index is 1.94. The summed E-state index contributed by atoms with van der Waals surface area (Å²) in [6.07, 6.45) is 1.68. The molecule has 2 rings (SSSR count). The van der Waals surface area contributed by atoms with Crippen molar-refractivity contribution >= 4 is 5.96 Å². The molecular weight excluding hydrogens is 206 g/mol. The first-order chi connectivity index (χ1) is 7.79. The standard InChI is InChI=1S/C10H15N5O/c1-15-6-5-12-10(15)13-7-8-11-4-3-9(14-8)16-2/h3-4H,5-7H2,1-2H3,(H,12,13). The lowest BCUT2D eigenvalue weighted by Crippen LogP contribution is -2.35. The van der Waals surface area contributed by atoms with Gasteiger partial charge in [-0.15, -0.1) is 0 Å². The maximum Gasteiger partial charge on any atom is 0.216 e. The molecule has 6 nitrogen and oxygen atoms in total. The molecule has 0 aliphatic carbocycles. The summed E-state index contributed by atoms with van der Waals surface area (Å²) in [5.74, 6) is 2.17. The van der Waals surface area contributed by atoms with E-state index in [9.17, 15) is 0 Å². The van der Waals surface area contributed by atoms with E-state index in [2.05, 4.69) is 25.2 Å². The predicted octanol–water partition coefficient (Wildman–Crippen LogP) is -0.124. The zero-order valence-electron chi connectivity index (χ0n) is 9.47. The van der Waals surface area contributed by atoms with Crippen LogP contribution in [0, 0.1) is 0 Å². The molecule has 1 aromatic heterocycles. The minimum atomic E-state index is 0.556. The molecule has 0 spiro atoms. The highest BCUT2D eigenvalue weighted by atomic mass is 16.5. The lowest BCUT2D eigenvalue weighted by molar-refractivity contribution is 0.394. The van der Waals surface area contributed by atoms with E-state index in [1.54, 1.807) is 19.4 Å². The van der Waals surface area contributed by atoms with E-state index in [0.29, 0.717) is 18.2 Å². The lowest BCUT2D eigenvalue weighted by atomic mass is 10.5. The van der Waals surface area contributed by atoms with Gasteiger partial charge in [0.1, 0.15) is 0 Å². The van der Waals surface area contributed by atoms with E-state index in [0.717, 1.165) is 19.0 Å². The van der Waals surface area contributed by atoms with Crippen LogP contribution in [0.5, 0.6) is 5.88 Å². The van der Waals surface area contributed by atoms with Gasteiger partial charge in [-0.25, -0.2) is 4.98 Å². The highest BCUT2D eigenvalue weighted by Gasteiger charge is 2.11. The van der Waals surface area contributed by atoms with Crippen LogP contribution in [0.15, 0.2) is 17.3 Å². The summed E-state index contributed by atoms with van der Waals surface area (Å²) < 4.78 is 5.03. The third kappa shape index (κ3) is 2.39. The van der Waals surface area contributed by atoms with Gasteiger partial charge in [-0.2, -0.15) is 4.98 Å². The fraction of sp³-hybridized carbons (Fsp3) is 0.500. The summed E-state index contributed by atoms with van der Waals surface area (Å²) in [4.78, 5) is 14.7. The largest absolute Gasteiger partial charge is 0.481 e. The Kier molecular flexibility index (Phi) is 3.19. The maximum absolute atomic E-state index is 5.03. The number of methoxy groups -OCH3 is 1. The number of aromatic nitrogens is 2. The van der Waals surface area contributed by atoms with Crippen molar-refractivity contribution in [2.75, 3.05) is 27.2 Å². The molecule has 1 aliphatic heterocycles. The van der Waals surface area contributed by atoms with Gasteiger partial charge in [-0.05, 0) is 0 Å². The summed E-state index contributed by atoms with van der Waals surface area (Å²) in [5.41, 5.74) is 0. The molecule has 0 aromatic carbocycles. The van der Waals surface area contributed by atoms with Crippen molar-refractivity contribution in [3.05, 3.63) is 18.1 Å². The fourth-order valence-corrected chi connectivity index (χ4v) is 1.46. The highest BCUT2D eigenvalue weighted by Crippen LogP contribution is 2.03. The highest BCUT2D eigenvalue weighted by molar-refractivity contribution is 5.81. The summed E-state index contributed by atoms with van der Waals surface area (Å²) >= 11 is 0. The van der Waals surface area contributed by atoms with Gasteiger partial charge in [0.2, 0.25) is 5.88 Å². The average molecular weight is 221 g/mol. The third-order valence-electron chi connectivity index (χ3n) is 2.35. The molecule has 6 heteroatoms. The molecule has 0 saturated carbocycles. The van der Waals surface area contributed by atoms with Gasteiger partial charge in [0.15, 0.2) is 11.8 Å². The van der Waals surface area contributed by atoms with Crippen LogP contribution in [-0.2, 0) is 6.54 Å². The molecule has 0 atom stereocenters. The number of aliphatic imine (C=N–C) groups is 1. The topological polar surface area (TPSA) is 62.6 Å². The van der Waals surface area contributed by atoms with Crippen molar-refractivity contribution in [3.8, 4) is 5.88 Å². The van der Waals surface area contributed by atoms with Crippen LogP contribution in [0.3, 0.4) is 0 Å². The molecule has 1 N–H and O–H groups in total. The van der Waals surface area contributed by atoms with Crippen LogP contribution in [0.2, 0.25) is 0 Å². The van der Waals surface area contributed by atoms with E-state index in [1.807, 2.05) is 7.05 Å². The monoisotopic (exact) mass is 221 g/mol. The van der Waals surface area contributed by atoms with Crippen LogP contribution >= 0.6 is 0 Å². The zero-order valence-corrected chi connectivity index (χ0v) is 9.47. The van der Waals surface area contributed by atoms with Crippen LogP contribution in [0.25, 0.3) is 0 Å². The molecule has 16 heavy (non-hydrogen) atoms. The van der Waals surface area contributed by atoms with Crippen molar-refractivity contribution in [1.29, 1.82) is 0 Å². The second-order valence-electron chi connectivity index (χ2n) is 3.50. The van der Waals surface area contributed by atoms with Crippen molar-refractivity contribution in [2.24, 2.45) is 4.99 Å². The molecule has 1 aliphatic rings. The minimum absolute atomic E-state index is 0.556. The van der Waals surface area contributed by atoms with Crippen LogP contribution in [-0.4, -0.2) is 48.1 Å². The molecule has 2 heterocycles. The number of nitrogens with one attached hydrogen (secondary N) is 1. The maximum atomic E-state index is 5.03. The Morgan fingerprint density at radius 1 is 1.56 bits per heavy atom. The normalized spacial score (nSPS) is 14.9. The summed E-state index contributed by atoms with van der Waals surface area (Å²) in [7, 11) is 3.60. The van der Waals surface area contributed by atoms with Gasteiger partial charge < -0.3 is 15.0 Å². The summed E-state index contributed by atoms with van der Waals surface area (Å²) in [6.45, 7) is 2.36. The first-order valence-corrected chi connectivity index (χ1v) is 5.15. The van der Waals surface area contributed by atoms with Gasteiger partial charge in [0, 0.05) is 25.9 Å². The first kappa shape index (κ1) is 10.7. The van der Waals surface area contributed by atoms with E-state index >= 15 is 0 Å². The fourth-order valence-electron chi connectivity index (χ4n) is 1.46. The number of ether oxygens (including phenoxy) is 1. The van der Waals surface area contributed by atoms with Crippen molar-refractivity contribution in [1.82, 2.24) is 20.2 Å². The molecule has 0 fully saturated rings. The van der Waals surface area contributed by atoms with E-state index in [4.69, 9.17) is 4.74 Å². The second kappa shape index (κ2) is 4.78. The molecule has 1 aromatic rings. The van der Waals surface area contributed by atoms with Crippen molar-refractivity contribution in [3.63, 3.8) is 0 Å². The first-order valence-electron chi connectivity index (χ1n) is 5.15. The van der Waals surface area contributed by atoms with Crippen molar-refractivity contribution in [2.45, 2.75) is 6.54 Å². The van der Waals surface area contributed by atoms with E-state index in [1.165, 1.54) is 0 Å². The number of hydrogen-bond donors (Lipinski definition) is 1. The summed E-state index contributed by atoms with van der Waals surface area (Å²) in [6, 6.07) is 1.72. The summed E-state index contributed by atoms with van der Waals surface area (Å²) in [5, 5.41) is 3.19. The van der Waals surface area contributed by atoms with E-state index in [-0.39, 0.29) is 0 Å². The minimum Gasteiger partial charge on any atom is -0.481 e. The average Bonchev–Trinajstić information content (AvgIpc) is 2.72. The Hall–Kier alpha value is -1.85. The molecule has 0 bridgehead atoms. The Bertz CT molecular complexity index is 393. The van der Waals surface area contributed by atoms with Gasteiger partial charge in [-0.1, -0.05) is 0 Å². The Morgan fingerprint density at radius 2 is 2.44 bits per heavy atom. The second-order valence-corrected chi connectivity index (χ2v) is 3.50. The van der Waals surface area contributed by atoms with Crippen LogP contribution in [0.1, 0.15) is 5.82 Å². The number of likely N-dealkylation sites (N-methyl/N-ethyl adjacent to an activating group) is 1. The van der Waals surface area contributed by atoms with Crippen molar-refractivity contribution < 1.29 is 4.74 Å². The van der Waals surface area contributed by atoms with Gasteiger partial charge in [-0.3, -0.25) is 4.99 Å². The van der Waals surface area contributed by atoms with Crippen LogP contribution in [0.4, 0.5) is 0 Å². The molecule has 0 unspecified atom stereocenters. The van der Waals surface area contributed by atoms with Gasteiger partial charge in [0.05, 0.1) is 20.2 Å². The quantitative estimate of drug-likeness (QED) is 0.770.